The SMILES string of the molecule is CCOc1ccc(Cl)c(/C(O)=C2\C(=O)C(=O)N(CCOC)C2c2ccccc2)c1. The number of carbonyl (C=O) groups excluding carboxylic acids is 2. The summed E-state index contributed by atoms with van der Waals surface area (Å²) in [6.45, 7) is 2.75. The molecule has 1 fully saturated rings. The van der Waals surface area contributed by atoms with Gasteiger partial charge in [-0.1, -0.05) is 41.9 Å². The van der Waals surface area contributed by atoms with Crippen molar-refractivity contribution in [3.8, 4) is 5.75 Å². The van der Waals surface area contributed by atoms with Crippen molar-refractivity contribution in [1.29, 1.82) is 0 Å². The smallest absolute Gasteiger partial charge is 0.295 e. The molecule has 6 nitrogen and oxygen atoms in total. The van der Waals surface area contributed by atoms with Crippen LogP contribution in [0.5, 0.6) is 5.75 Å². The number of benzene rings is 2. The monoisotopic (exact) mass is 415 g/mol. The van der Waals surface area contributed by atoms with E-state index in [1.165, 1.54) is 12.0 Å². The third-order valence-corrected chi connectivity index (χ3v) is 5.03. The predicted octanol–water partition coefficient (Wildman–Crippen LogP) is 3.81. The number of halogens is 1. The first kappa shape index (κ1) is 20.9. The fourth-order valence-corrected chi connectivity index (χ4v) is 3.58. The van der Waals surface area contributed by atoms with Crippen LogP contribution < -0.4 is 4.74 Å². The van der Waals surface area contributed by atoms with Gasteiger partial charge in [0.15, 0.2) is 0 Å². The summed E-state index contributed by atoms with van der Waals surface area (Å²) < 4.78 is 10.6. The van der Waals surface area contributed by atoms with E-state index < -0.39 is 17.7 Å². The fraction of sp³-hybridized carbons (Fsp3) is 0.273. The maximum absolute atomic E-state index is 12.9. The lowest BCUT2D eigenvalue weighted by molar-refractivity contribution is -0.140. The summed E-state index contributed by atoms with van der Waals surface area (Å²) in [5.74, 6) is -1.27. The normalized spacial score (nSPS) is 18.3. The van der Waals surface area contributed by atoms with Crippen molar-refractivity contribution in [2.45, 2.75) is 13.0 Å². The zero-order chi connectivity index (χ0) is 21.0. The molecule has 29 heavy (non-hydrogen) atoms. The van der Waals surface area contributed by atoms with Gasteiger partial charge in [-0.2, -0.15) is 0 Å². The van der Waals surface area contributed by atoms with E-state index in [0.717, 1.165) is 0 Å². The van der Waals surface area contributed by atoms with Crippen molar-refractivity contribution in [2.75, 3.05) is 26.9 Å². The molecule has 0 spiro atoms. The van der Waals surface area contributed by atoms with E-state index in [1.807, 2.05) is 37.3 Å². The van der Waals surface area contributed by atoms with E-state index in [2.05, 4.69) is 0 Å². The standard InChI is InChI=1S/C22H22ClNO5/c1-3-29-15-9-10-17(23)16(13-15)20(25)18-19(14-7-5-4-6-8-14)24(11-12-28-2)22(27)21(18)26/h4-10,13,19,25H,3,11-12H2,1-2H3/b20-18+. The van der Waals surface area contributed by atoms with Crippen LogP contribution in [0.1, 0.15) is 24.1 Å². The van der Waals surface area contributed by atoms with Crippen LogP contribution in [0.2, 0.25) is 5.02 Å². The van der Waals surface area contributed by atoms with Crippen molar-refractivity contribution in [3.63, 3.8) is 0 Å². The Morgan fingerprint density at radius 3 is 2.55 bits per heavy atom. The highest BCUT2D eigenvalue weighted by atomic mass is 35.5. The summed E-state index contributed by atoms with van der Waals surface area (Å²) in [6, 6.07) is 13.2. The minimum Gasteiger partial charge on any atom is -0.507 e. The number of nitrogens with zero attached hydrogens (tertiary/aromatic N) is 1. The van der Waals surface area contributed by atoms with Crippen LogP contribution in [0.15, 0.2) is 54.1 Å². The molecule has 2 aromatic rings. The number of methoxy groups -OCH3 is 1. The summed E-state index contributed by atoms with van der Waals surface area (Å²) in [5.41, 5.74) is 0.942. The Morgan fingerprint density at radius 1 is 1.17 bits per heavy atom. The summed E-state index contributed by atoms with van der Waals surface area (Å²) in [5, 5.41) is 11.3. The third kappa shape index (κ3) is 4.13. The lowest BCUT2D eigenvalue weighted by Crippen LogP contribution is -2.32. The molecule has 1 atom stereocenters. The summed E-state index contributed by atoms with van der Waals surface area (Å²) in [6.07, 6.45) is 0. The van der Waals surface area contributed by atoms with E-state index in [0.29, 0.717) is 17.9 Å². The van der Waals surface area contributed by atoms with Crippen LogP contribution in [-0.2, 0) is 14.3 Å². The molecule has 3 rings (SSSR count). The molecular weight excluding hydrogens is 394 g/mol. The molecule has 152 valence electrons. The predicted molar refractivity (Wildman–Crippen MR) is 110 cm³/mol. The lowest BCUT2D eigenvalue weighted by Gasteiger charge is -2.25. The second-order valence-electron chi connectivity index (χ2n) is 6.47. The Bertz CT molecular complexity index is 941. The zero-order valence-electron chi connectivity index (χ0n) is 16.2. The van der Waals surface area contributed by atoms with Gasteiger partial charge in [0.1, 0.15) is 11.5 Å². The van der Waals surface area contributed by atoms with Gasteiger partial charge in [-0.25, -0.2) is 0 Å². The van der Waals surface area contributed by atoms with Gasteiger partial charge in [0.2, 0.25) is 0 Å². The Morgan fingerprint density at radius 2 is 1.90 bits per heavy atom. The molecule has 0 bridgehead atoms. The van der Waals surface area contributed by atoms with Crippen LogP contribution in [0.4, 0.5) is 0 Å². The number of rotatable bonds is 7. The molecule has 1 N–H and O–H groups in total. The van der Waals surface area contributed by atoms with Crippen molar-refractivity contribution >= 4 is 29.1 Å². The highest BCUT2D eigenvalue weighted by Crippen LogP contribution is 2.40. The molecule has 0 aliphatic carbocycles. The highest BCUT2D eigenvalue weighted by Gasteiger charge is 2.46. The van der Waals surface area contributed by atoms with Gasteiger partial charge in [-0.3, -0.25) is 9.59 Å². The Balaban J connectivity index is 2.17. The molecule has 1 aliphatic heterocycles. The highest BCUT2D eigenvalue weighted by molar-refractivity contribution is 6.47. The molecule has 1 saturated heterocycles. The molecule has 1 unspecified atom stereocenters. The van der Waals surface area contributed by atoms with Crippen LogP contribution in [0.25, 0.3) is 5.76 Å². The number of amides is 1. The average Bonchev–Trinajstić information content (AvgIpc) is 2.98. The van der Waals surface area contributed by atoms with Crippen molar-refractivity contribution in [2.24, 2.45) is 0 Å². The Hall–Kier alpha value is -2.83. The third-order valence-electron chi connectivity index (χ3n) is 4.70. The van der Waals surface area contributed by atoms with E-state index in [4.69, 9.17) is 21.1 Å². The second-order valence-corrected chi connectivity index (χ2v) is 6.88. The molecule has 1 amide bonds. The molecule has 0 saturated carbocycles. The van der Waals surface area contributed by atoms with E-state index in [-0.39, 0.29) is 35.1 Å². The number of ketones is 1. The first-order valence-corrected chi connectivity index (χ1v) is 9.62. The number of likely N-dealkylation sites (tertiary alicyclic amines) is 1. The maximum Gasteiger partial charge on any atom is 0.295 e. The molecule has 0 aromatic heterocycles. The van der Waals surface area contributed by atoms with Crippen LogP contribution in [0, 0.1) is 0 Å². The minimum absolute atomic E-state index is 0.00662. The first-order valence-electron chi connectivity index (χ1n) is 9.24. The number of Topliss-reactive ketones (excluding diaryl/α,β-unsaturated/α-hetero) is 1. The number of aliphatic hydroxyl groups is 1. The number of aliphatic hydroxyl groups excluding tert-OH is 1. The minimum atomic E-state index is -0.759. The molecule has 1 aliphatic rings. The topological polar surface area (TPSA) is 76.1 Å². The summed E-state index contributed by atoms with van der Waals surface area (Å²) in [7, 11) is 1.52. The number of ether oxygens (including phenoxy) is 2. The number of hydrogen-bond acceptors (Lipinski definition) is 5. The van der Waals surface area contributed by atoms with Gasteiger partial charge in [0.05, 0.1) is 29.9 Å². The average molecular weight is 416 g/mol. The molecular formula is C22H22ClNO5. The molecule has 2 aromatic carbocycles. The van der Waals surface area contributed by atoms with Crippen molar-refractivity contribution in [3.05, 3.63) is 70.3 Å². The molecule has 0 radical (unpaired) electrons. The van der Waals surface area contributed by atoms with Gasteiger partial charge >= 0.3 is 0 Å². The van der Waals surface area contributed by atoms with E-state index in [9.17, 15) is 14.7 Å². The number of carbonyl (C=O) groups is 2. The van der Waals surface area contributed by atoms with Crippen molar-refractivity contribution in [1.82, 2.24) is 4.90 Å². The van der Waals surface area contributed by atoms with Crippen LogP contribution in [-0.4, -0.2) is 48.6 Å². The van der Waals surface area contributed by atoms with Gasteiger partial charge < -0.3 is 19.5 Å². The molecule has 1 heterocycles. The van der Waals surface area contributed by atoms with Gasteiger partial charge in [-0.15, -0.1) is 0 Å². The van der Waals surface area contributed by atoms with Crippen LogP contribution >= 0.6 is 11.6 Å². The maximum atomic E-state index is 12.9. The lowest BCUT2D eigenvalue weighted by atomic mass is 9.95. The Kier molecular flexibility index (Phi) is 6.56. The summed E-state index contributed by atoms with van der Waals surface area (Å²) >= 11 is 6.29. The second kappa shape index (κ2) is 9.11. The quantitative estimate of drug-likeness (QED) is 0.423. The summed E-state index contributed by atoms with van der Waals surface area (Å²) in [4.78, 5) is 27.0. The van der Waals surface area contributed by atoms with Gasteiger partial charge in [0, 0.05) is 19.2 Å². The van der Waals surface area contributed by atoms with E-state index in [1.54, 1.807) is 18.2 Å². The first-order chi connectivity index (χ1) is 14.0. The van der Waals surface area contributed by atoms with Gasteiger partial charge in [-0.05, 0) is 30.7 Å². The fourth-order valence-electron chi connectivity index (χ4n) is 3.37. The zero-order valence-corrected chi connectivity index (χ0v) is 17.0. The van der Waals surface area contributed by atoms with Gasteiger partial charge in [0.25, 0.3) is 11.7 Å². The molecule has 7 heteroatoms. The number of hydrogen-bond donors (Lipinski definition) is 1. The van der Waals surface area contributed by atoms with Crippen LogP contribution in [0.3, 0.4) is 0 Å². The van der Waals surface area contributed by atoms with E-state index >= 15 is 0 Å². The van der Waals surface area contributed by atoms with Crippen molar-refractivity contribution < 1.29 is 24.2 Å². The Labute approximate surface area is 174 Å². The largest absolute Gasteiger partial charge is 0.507 e.